The minimum atomic E-state index is 0.370. The predicted octanol–water partition coefficient (Wildman–Crippen LogP) is 4.31. The van der Waals surface area contributed by atoms with E-state index in [1.807, 2.05) is 24.3 Å². The number of para-hydroxylation sites is 1. The maximum absolute atomic E-state index is 5.97. The summed E-state index contributed by atoms with van der Waals surface area (Å²) in [7, 11) is 0. The van der Waals surface area contributed by atoms with Crippen LogP contribution in [0.2, 0.25) is 10.0 Å². The van der Waals surface area contributed by atoms with Crippen LogP contribution in [0, 0.1) is 0 Å². The smallest absolute Gasteiger partial charge is 0.230 e. The standard InChI is InChI=1S/C14H9Cl2N3O/c15-9-5-11(17)13(6-10(9)16)20-14-8-3-1-2-4-12(8)18-7-19-14/h1-7H,17H2. The first-order valence-electron chi connectivity index (χ1n) is 5.77. The van der Waals surface area contributed by atoms with Gasteiger partial charge in [0.05, 0.1) is 26.6 Å². The van der Waals surface area contributed by atoms with Crippen LogP contribution in [0.15, 0.2) is 42.7 Å². The zero-order valence-corrected chi connectivity index (χ0v) is 11.7. The summed E-state index contributed by atoms with van der Waals surface area (Å²) >= 11 is 11.9. The number of rotatable bonds is 2. The zero-order chi connectivity index (χ0) is 14.1. The fourth-order valence-electron chi connectivity index (χ4n) is 1.80. The molecule has 0 amide bonds. The first-order valence-corrected chi connectivity index (χ1v) is 6.53. The molecule has 6 heteroatoms. The molecule has 0 bridgehead atoms. The van der Waals surface area contributed by atoms with Crippen LogP contribution >= 0.6 is 23.2 Å². The molecule has 0 saturated carbocycles. The molecule has 0 aliphatic heterocycles. The second-order valence-electron chi connectivity index (χ2n) is 4.10. The first-order chi connectivity index (χ1) is 9.65. The van der Waals surface area contributed by atoms with Gasteiger partial charge in [-0.05, 0) is 18.2 Å². The predicted molar refractivity (Wildman–Crippen MR) is 80.5 cm³/mol. The lowest BCUT2D eigenvalue weighted by Crippen LogP contribution is -1.95. The number of nitrogen functional groups attached to an aromatic ring is 1. The zero-order valence-electron chi connectivity index (χ0n) is 10.2. The van der Waals surface area contributed by atoms with Crippen LogP contribution in [0.4, 0.5) is 5.69 Å². The second-order valence-corrected chi connectivity index (χ2v) is 4.92. The van der Waals surface area contributed by atoms with E-state index in [1.54, 1.807) is 12.1 Å². The number of anilines is 1. The van der Waals surface area contributed by atoms with Crippen LogP contribution in [0.1, 0.15) is 0 Å². The van der Waals surface area contributed by atoms with Crippen LogP contribution in [-0.2, 0) is 0 Å². The topological polar surface area (TPSA) is 61.0 Å². The number of aromatic nitrogens is 2. The van der Waals surface area contributed by atoms with Gasteiger partial charge in [-0.2, -0.15) is 0 Å². The highest BCUT2D eigenvalue weighted by atomic mass is 35.5. The molecule has 3 rings (SSSR count). The van der Waals surface area contributed by atoms with Crippen LogP contribution < -0.4 is 10.5 Å². The minimum Gasteiger partial charge on any atom is -0.436 e. The van der Waals surface area contributed by atoms with Gasteiger partial charge in [0.1, 0.15) is 6.33 Å². The highest BCUT2D eigenvalue weighted by molar-refractivity contribution is 6.42. The highest BCUT2D eigenvalue weighted by Gasteiger charge is 2.10. The quantitative estimate of drug-likeness (QED) is 0.717. The monoisotopic (exact) mass is 305 g/mol. The van der Waals surface area contributed by atoms with Crippen molar-refractivity contribution >= 4 is 39.8 Å². The molecule has 0 aliphatic rings. The molecule has 0 spiro atoms. The Morgan fingerprint density at radius 3 is 2.60 bits per heavy atom. The summed E-state index contributed by atoms with van der Waals surface area (Å²) in [5.74, 6) is 0.823. The van der Waals surface area contributed by atoms with Crippen molar-refractivity contribution in [3.8, 4) is 11.6 Å². The largest absolute Gasteiger partial charge is 0.436 e. The molecule has 3 aromatic rings. The lowest BCUT2D eigenvalue weighted by atomic mass is 10.2. The molecule has 2 N–H and O–H groups in total. The Morgan fingerprint density at radius 2 is 1.75 bits per heavy atom. The molecule has 0 aliphatic carbocycles. The number of fused-ring (bicyclic) bond motifs is 1. The van der Waals surface area contributed by atoms with Crippen LogP contribution in [0.25, 0.3) is 10.9 Å². The lowest BCUT2D eigenvalue weighted by Gasteiger charge is -2.10. The Balaban J connectivity index is 2.08. The van der Waals surface area contributed by atoms with Crippen molar-refractivity contribution in [1.82, 2.24) is 9.97 Å². The number of hydrogen-bond acceptors (Lipinski definition) is 4. The molecule has 4 nitrogen and oxygen atoms in total. The molecule has 0 unspecified atom stereocenters. The third-order valence-electron chi connectivity index (χ3n) is 2.77. The Hall–Kier alpha value is -2.04. The summed E-state index contributed by atoms with van der Waals surface area (Å²) in [5, 5.41) is 1.54. The maximum Gasteiger partial charge on any atom is 0.230 e. The second kappa shape index (κ2) is 5.15. The van der Waals surface area contributed by atoms with E-state index in [9.17, 15) is 0 Å². The Kier molecular flexibility index (Phi) is 3.34. The van der Waals surface area contributed by atoms with Gasteiger partial charge in [0, 0.05) is 6.07 Å². The van der Waals surface area contributed by atoms with E-state index in [1.165, 1.54) is 6.33 Å². The van der Waals surface area contributed by atoms with Crippen molar-refractivity contribution in [3.05, 3.63) is 52.8 Å². The Labute approximate surface area is 125 Å². The average Bonchev–Trinajstić information content (AvgIpc) is 2.45. The van der Waals surface area contributed by atoms with Crippen molar-refractivity contribution in [1.29, 1.82) is 0 Å². The van der Waals surface area contributed by atoms with E-state index in [2.05, 4.69) is 9.97 Å². The van der Waals surface area contributed by atoms with E-state index in [4.69, 9.17) is 33.7 Å². The lowest BCUT2D eigenvalue weighted by molar-refractivity contribution is 0.470. The Bertz CT molecular complexity index is 787. The van der Waals surface area contributed by atoms with Gasteiger partial charge in [0.2, 0.25) is 5.88 Å². The van der Waals surface area contributed by atoms with Crippen molar-refractivity contribution in [3.63, 3.8) is 0 Å². The summed E-state index contributed by atoms with van der Waals surface area (Å²) in [4.78, 5) is 8.30. The summed E-state index contributed by atoms with van der Waals surface area (Å²) < 4.78 is 5.74. The molecule has 20 heavy (non-hydrogen) atoms. The molecule has 2 aromatic carbocycles. The summed E-state index contributed by atoms with van der Waals surface area (Å²) in [5.41, 5.74) is 7.05. The van der Waals surface area contributed by atoms with Crippen molar-refractivity contribution in [2.24, 2.45) is 0 Å². The number of halogens is 2. The molecule has 1 heterocycles. The molecule has 0 fully saturated rings. The number of ether oxygens (including phenoxy) is 1. The van der Waals surface area contributed by atoms with Crippen molar-refractivity contribution < 1.29 is 4.74 Å². The maximum atomic E-state index is 5.97. The van der Waals surface area contributed by atoms with E-state index in [0.29, 0.717) is 27.4 Å². The summed E-state index contributed by atoms with van der Waals surface area (Å²) in [6, 6.07) is 10.6. The van der Waals surface area contributed by atoms with Crippen molar-refractivity contribution in [2.75, 3.05) is 5.73 Å². The van der Waals surface area contributed by atoms with Crippen molar-refractivity contribution in [2.45, 2.75) is 0 Å². The third kappa shape index (κ3) is 2.35. The minimum absolute atomic E-state index is 0.370. The summed E-state index contributed by atoms with van der Waals surface area (Å²) in [6.07, 6.45) is 1.44. The van der Waals surface area contributed by atoms with Gasteiger partial charge >= 0.3 is 0 Å². The van der Waals surface area contributed by atoms with E-state index in [0.717, 1.165) is 10.9 Å². The van der Waals surface area contributed by atoms with E-state index < -0.39 is 0 Å². The fraction of sp³-hybridized carbons (Fsp3) is 0. The van der Waals surface area contributed by atoms with E-state index in [-0.39, 0.29) is 0 Å². The molecule has 0 saturated heterocycles. The van der Waals surface area contributed by atoms with Crippen LogP contribution in [0.5, 0.6) is 11.6 Å². The number of benzene rings is 2. The molecular weight excluding hydrogens is 297 g/mol. The molecule has 0 atom stereocenters. The van der Waals surface area contributed by atoms with Gasteiger partial charge in [-0.15, -0.1) is 0 Å². The van der Waals surface area contributed by atoms with Gasteiger partial charge in [-0.25, -0.2) is 9.97 Å². The fourth-order valence-corrected chi connectivity index (χ4v) is 2.12. The number of hydrogen-bond donors (Lipinski definition) is 1. The molecular formula is C14H9Cl2N3O. The van der Waals surface area contributed by atoms with E-state index >= 15 is 0 Å². The van der Waals surface area contributed by atoms with Gasteiger partial charge in [0.25, 0.3) is 0 Å². The Morgan fingerprint density at radius 1 is 1.00 bits per heavy atom. The summed E-state index contributed by atoms with van der Waals surface area (Å²) in [6.45, 7) is 0. The number of nitrogens with two attached hydrogens (primary N) is 1. The molecule has 1 aromatic heterocycles. The highest BCUT2D eigenvalue weighted by Crippen LogP contribution is 2.35. The third-order valence-corrected chi connectivity index (χ3v) is 3.49. The molecule has 0 radical (unpaired) electrons. The number of nitrogens with zero attached hydrogens (tertiary/aromatic N) is 2. The first kappa shape index (κ1) is 13.0. The van der Waals surface area contributed by atoms with Gasteiger partial charge < -0.3 is 10.5 Å². The SMILES string of the molecule is Nc1cc(Cl)c(Cl)cc1Oc1ncnc2ccccc12. The van der Waals surface area contributed by atoms with Crippen LogP contribution in [-0.4, -0.2) is 9.97 Å². The van der Waals surface area contributed by atoms with Gasteiger partial charge in [-0.1, -0.05) is 35.3 Å². The van der Waals surface area contributed by atoms with Crippen LogP contribution in [0.3, 0.4) is 0 Å². The van der Waals surface area contributed by atoms with Gasteiger partial charge in [-0.3, -0.25) is 0 Å². The van der Waals surface area contributed by atoms with Gasteiger partial charge in [0.15, 0.2) is 5.75 Å². The molecule has 100 valence electrons. The normalized spacial score (nSPS) is 10.7. The average molecular weight is 306 g/mol.